The first-order chi connectivity index (χ1) is 9.38. The second-order valence-electron chi connectivity index (χ2n) is 4.73. The molecule has 3 rings (SSSR count). The highest BCUT2D eigenvalue weighted by atomic mass is 32.1. The maximum absolute atomic E-state index is 5.96. The molecule has 0 spiro atoms. The molecule has 1 aliphatic carbocycles. The zero-order chi connectivity index (χ0) is 13.1. The second kappa shape index (κ2) is 5.72. The number of hydrogen-bond acceptors (Lipinski definition) is 4. The van der Waals surface area contributed by atoms with Gasteiger partial charge in [0.05, 0.1) is 10.4 Å². The fraction of sp³-hybridized carbons (Fsp3) is 0.400. The molecule has 0 aliphatic heterocycles. The Morgan fingerprint density at radius 3 is 3.21 bits per heavy atom. The fourth-order valence-electron chi connectivity index (χ4n) is 2.68. The maximum atomic E-state index is 5.96. The summed E-state index contributed by atoms with van der Waals surface area (Å²) in [6.07, 6.45) is 4.14. The van der Waals surface area contributed by atoms with Crippen molar-refractivity contribution in [3.05, 3.63) is 45.9 Å². The van der Waals surface area contributed by atoms with Crippen molar-refractivity contribution < 1.29 is 4.74 Å². The van der Waals surface area contributed by atoms with Gasteiger partial charge in [-0.3, -0.25) is 4.98 Å². The number of rotatable bonds is 5. The van der Waals surface area contributed by atoms with Gasteiger partial charge in [0.25, 0.3) is 0 Å². The van der Waals surface area contributed by atoms with Gasteiger partial charge < -0.3 is 10.1 Å². The third-order valence-corrected chi connectivity index (χ3v) is 4.28. The molecule has 1 aliphatic rings. The van der Waals surface area contributed by atoms with E-state index in [4.69, 9.17) is 4.74 Å². The molecule has 1 unspecified atom stereocenters. The van der Waals surface area contributed by atoms with Crippen molar-refractivity contribution in [3.63, 3.8) is 0 Å². The van der Waals surface area contributed by atoms with Crippen LogP contribution < -0.4 is 10.1 Å². The van der Waals surface area contributed by atoms with Crippen LogP contribution in [-0.2, 0) is 13.0 Å². The Bertz CT molecular complexity index is 539. The molecule has 0 radical (unpaired) electrons. The Morgan fingerprint density at radius 2 is 2.42 bits per heavy atom. The van der Waals surface area contributed by atoms with E-state index in [-0.39, 0.29) is 0 Å². The Labute approximate surface area is 117 Å². The minimum Gasteiger partial charge on any atom is -0.488 e. The molecule has 1 aromatic heterocycles. The Balaban J connectivity index is 1.76. The minimum atomic E-state index is 0.493. The third kappa shape index (κ3) is 2.65. The van der Waals surface area contributed by atoms with E-state index in [1.165, 1.54) is 22.4 Å². The molecule has 19 heavy (non-hydrogen) atoms. The number of aromatic nitrogens is 1. The van der Waals surface area contributed by atoms with Crippen LogP contribution in [0, 0.1) is 0 Å². The zero-order valence-corrected chi connectivity index (χ0v) is 11.9. The molecule has 0 bridgehead atoms. The van der Waals surface area contributed by atoms with Crippen molar-refractivity contribution in [2.45, 2.75) is 32.4 Å². The average molecular weight is 274 g/mol. The summed E-state index contributed by atoms with van der Waals surface area (Å²) in [5.41, 5.74) is 4.62. The summed E-state index contributed by atoms with van der Waals surface area (Å²) >= 11 is 1.64. The van der Waals surface area contributed by atoms with Gasteiger partial charge in [0.15, 0.2) is 0 Å². The van der Waals surface area contributed by atoms with E-state index in [0.717, 1.165) is 18.7 Å². The molecule has 1 N–H and O–H groups in total. The highest BCUT2D eigenvalue weighted by molar-refractivity contribution is 7.09. The predicted octanol–water partition coefficient (Wildman–Crippen LogP) is 3.32. The summed E-state index contributed by atoms with van der Waals surface area (Å²) in [4.78, 5) is 5.24. The molecule has 100 valence electrons. The van der Waals surface area contributed by atoms with Gasteiger partial charge in [-0.05, 0) is 36.6 Å². The summed E-state index contributed by atoms with van der Waals surface area (Å²) < 4.78 is 5.96. The van der Waals surface area contributed by atoms with Crippen LogP contribution in [-0.4, -0.2) is 11.5 Å². The third-order valence-electron chi connectivity index (χ3n) is 3.53. The summed E-state index contributed by atoms with van der Waals surface area (Å²) in [5.74, 6) is 1.03. The molecule has 2 aromatic rings. The van der Waals surface area contributed by atoms with Gasteiger partial charge >= 0.3 is 0 Å². The monoisotopic (exact) mass is 274 g/mol. The van der Waals surface area contributed by atoms with Crippen molar-refractivity contribution in [1.29, 1.82) is 0 Å². The van der Waals surface area contributed by atoms with Gasteiger partial charge in [0.1, 0.15) is 12.4 Å². The van der Waals surface area contributed by atoms with Gasteiger partial charge in [-0.1, -0.05) is 19.1 Å². The lowest BCUT2D eigenvalue weighted by molar-refractivity contribution is 0.306. The van der Waals surface area contributed by atoms with E-state index < -0.39 is 0 Å². The first-order valence-electron chi connectivity index (χ1n) is 6.74. The SMILES string of the molecule is CCNC1CCc2c(OCc3cncs3)cccc21. The van der Waals surface area contributed by atoms with E-state index >= 15 is 0 Å². The van der Waals surface area contributed by atoms with Crippen LogP contribution >= 0.6 is 11.3 Å². The zero-order valence-electron chi connectivity index (χ0n) is 11.1. The highest BCUT2D eigenvalue weighted by Crippen LogP contribution is 2.37. The van der Waals surface area contributed by atoms with E-state index in [1.807, 2.05) is 11.7 Å². The number of benzene rings is 1. The minimum absolute atomic E-state index is 0.493. The van der Waals surface area contributed by atoms with Crippen molar-refractivity contribution in [1.82, 2.24) is 10.3 Å². The first kappa shape index (κ1) is 12.6. The highest BCUT2D eigenvalue weighted by Gasteiger charge is 2.24. The molecule has 0 saturated carbocycles. The van der Waals surface area contributed by atoms with Crippen molar-refractivity contribution in [3.8, 4) is 5.75 Å². The van der Waals surface area contributed by atoms with E-state index in [9.17, 15) is 0 Å². The predicted molar refractivity (Wildman–Crippen MR) is 77.6 cm³/mol. The Hall–Kier alpha value is -1.39. The summed E-state index contributed by atoms with van der Waals surface area (Å²) in [5, 5.41) is 3.53. The smallest absolute Gasteiger partial charge is 0.124 e. The lowest BCUT2D eigenvalue weighted by Crippen LogP contribution is -2.18. The Kier molecular flexibility index (Phi) is 3.80. The topological polar surface area (TPSA) is 34.1 Å². The summed E-state index contributed by atoms with van der Waals surface area (Å²) in [6, 6.07) is 6.88. The van der Waals surface area contributed by atoms with Crippen molar-refractivity contribution >= 4 is 11.3 Å². The largest absolute Gasteiger partial charge is 0.488 e. The van der Waals surface area contributed by atoms with Gasteiger partial charge in [0, 0.05) is 12.2 Å². The standard InChI is InChI=1S/C15H18N2OS/c1-2-17-14-7-6-13-12(14)4-3-5-15(13)18-9-11-8-16-10-19-11/h3-5,8,10,14,17H,2,6-7,9H2,1H3. The molecular weight excluding hydrogens is 256 g/mol. The number of ether oxygens (including phenoxy) is 1. The van der Waals surface area contributed by atoms with Crippen LogP contribution in [0.25, 0.3) is 0 Å². The molecular formula is C15H18N2OS. The summed E-state index contributed by atoms with van der Waals surface area (Å²) in [7, 11) is 0. The van der Waals surface area contributed by atoms with Crippen molar-refractivity contribution in [2.24, 2.45) is 0 Å². The summed E-state index contributed by atoms with van der Waals surface area (Å²) in [6.45, 7) is 3.78. The lowest BCUT2D eigenvalue weighted by Gasteiger charge is -2.14. The number of thiazole rings is 1. The quantitative estimate of drug-likeness (QED) is 0.908. The van der Waals surface area contributed by atoms with E-state index in [1.54, 1.807) is 11.3 Å². The van der Waals surface area contributed by atoms with Crippen LogP contribution in [0.1, 0.15) is 35.4 Å². The van der Waals surface area contributed by atoms with Crippen LogP contribution in [0.15, 0.2) is 29.9 Å². The molecule has 3 nitrogen and oxygen atoms in total. The first-order valence-corrected chi connectivity index (χ1v) is 7.61. The molecule has 1 aromatic carbocycles. The number of hydrogen-bond donors (Lipinski definition) is 1. The van der Waals surface area contributed by atoms with Gasteiger partial charge in [0.2, 0.25) is 0 Å². The second-order valence-corrected chi connectivity index (χ2v) is 5.70. The molecule has 0 saturated heterocycles. The molecule has 4 heteroatoms. The number of nitrogens with one attached hydrogen (secondary N) is 1. The van der Waals surface area contributed by atoms with Gasteiger partial charge in [-0.2, -0.15) is 0 Å². The fourth-order valence-corrected chi connectivity index (χ4v) is 3.18. The maximum Gasteiger partial charge on any atom is 0.124 e. The van der Waals surface area contributed by atoms with E-state index in [0.29, 0.717) is 12.6 Å². The van der Waals surface area contributed by atoms with Gasteiger partial charge in [-0.25, -0.2) is 0 Å². The van der Waals surface area contributed by atoms with Crippen LogP contribution in [0.5, 0.6) is 5.75 Å². The molecule has 0 fully saturated rings. The number of nitrogens with zero attached hydrogens (tertiary/aromatic N) is 1. The molecule has 0 amide bonds. The van der Waals surface area contributed by atoms with Crippen LogP contribution in [0.3, 0.4) is 0 Å². The van der Waals surface area contributed by atoms with Gasteiger partial charge in [-0.15, -0.1) is 11.3 Å². The Morgan fingerprint density at radius 1 is 1.47 bits per heavy atom. The molecule has 1 atom stereocenters. The van der Waals surface area contributed by atoms with Crippen LogP contribution in [0.2, 0.25) is 0 Å². The van der Waals surface area contributed by atoms with Crippen LogP contribution in [0.4, 0.5) is 0 Å². The average Bonchev–Trinajstić information content (AvgIpc) is 3.07. The van der Waals surface area contributed by atoms with E-state index in [2.05, 4.69) is 35.4 Å². The molecule has 1 heterocycles. The van der Waals surface area contributed by atoms with Crippen molar-refractivity contribution in [2.75, 3.05) is 6.54 Å². The number of fused-ring (bicyclic) bond motifs is 1. The lowest BCUT2D eigenvalue weighted by atomic mass is 10.1. The normalized spacial score (nSPS) is 17.4.